The van der Waals surface area contributed by atoms with Crippen LogP contribution in [0.25, 0.3) is 22.3 Å². The molecule has 0 nitrogen and oxygen atoms in total. The molecule has 0 bridgehead atoms. The van der Waals surface area contributed by atoms with E-state index in [0.717, 1.165) is 0 Å². The van der Waals surface area contributed by atoms with E-state index in [9.17, 15) is 0 Å². The SMILES string of the molecule is C.Cc1ccc(-c2ccc3c(c2)C(c2ccccc2)(c2ccccc2)c2ccccc2-3)cc1. The molecule has 0 N–H and O–H groups in total. The van der Waals surface area contributed by atoms with Crippen LogP contribution >= 0.6 is 0 Å². The third-order valence-corrected chi connectivity index (χ3v) is 6.84. The number of hydrogen-bond donors (Lipinski definition) is 0. The summed E-state index contributed by atoms with van der Waals surface area (Å²) < 4.78 is 0. The van der Waals surface area contributed by atoms with Crippen molar-refractivity contribution in [2.45, 2.75) is 19.8 Å². The summed E-state index contributed by atoms with van der Waals surface area (Å²) >= 11 is 0. The van der Waals surface area contributed by atoms with Gasteiger partial charge in [0.25, 0.3) is 0 Å². The molecule has 0 aliphatic heterocycles. The minimum atomic E-state index is -0.338. The minimum absolute atomic E-state index is 0. The number of hydrogen-bond acceptors (Lipinski definition) is 0. The molecule has 33 heavy (non-hydrogen) atoms. The Kier molecular flexibility index (Phi) is 5.23. The summed E-state index contributed by atoms with van der Waals surface area (Å²) in [6, 6.07) is 46.7. The molecule has 0 heterocycles. The van der Waals surface area contributed by atoms with E-state index in [-0.39, 0.29) is 12.8 Å². The van der Waals surface area contributed by atoms with Crippen molar-refractivity contribution in [2.75, 3.05) is 0 Å². The normalized spacial score (nSPS) is 13.0. The van der Waals surface area contributed by atoms with Crippen LogP contribution in [0.2, 0.25) is 0 Å². The van der Waals surface area contributed by atoms with Gasteiger partial charge >= 0.3 is 0 Å². The molecule has 0 radical (unpaired) electrons. The molecule has 0 saturated heterocycles. The third kappa shape index (κ3) is 3.14. The Morgan fingerprint density at radius 1 is 0.455 bits per heavy atom. The molecular weight excluding hydrogens is 396 g/mol. The fraction of sp³-hybridized carbons (Fsp3) is 0.0909. The van der Waals surface area contributed by atoms with Crippen molar-refractivity contribution in [2.24, 2.45) is 0 Å². The van der Waals surface area contributed by atoms with E-state index >= 15 is 0 Å². The molecule has 0 heteroatoms. The molecular formula is C33H28. The van der Waals surface area contributed by atoms with Gasteiger partial charge in [-0.3, -0.25) is 0 Å². The summed E-state index contributed by atoms with van der Waals surface area (Å²) in [6.07, 6.45) is 0. The third-order valence-electron chi connectivity index (χ3n) is 6.84. The lowest BCUT2D eigenvalue weighted by molar-refractivity contribution is 0.769. The van der Waals surface area contributed by atoms with Crippen LogP contribution in [-0.4, -0.2) is 0 Å². The molecule has 0 fully saturated rings. The number of benzene rings is 5. The van der Waals surface area contributed by atoms with Crippen LogP contribution in [0, 0.1) is 6.92 Å². The topological polar surface area (TPSA) is 0 Å². The first kappa shape index (κ1) is 21.0. The zero-order valence-corrected chi connectivity index (χ0v) is 18.1. The highest BCUT2D eigenvalue weighted by Gasteiger charge is 2.45. The predicted molar refractivity (Wildman–Crippen MR) is 141 cm³/mol. The number of aryl methyl sites for hydroxylation is 1. The molecule has 1 aliphatic rings. The van der Waals surface area contributed by atoms with Crippen molar-refractivity contribution in [1.29, 1.82) is 0 Å². The lowest BCUT2D eigenvalue weighted by Crippen LogP contribution is -2.28. The van der Waals surface area contributed by atoms with Crippen molar-refractivity contribution < 1.29 is 0 Å². The van der Waals surface area contributed by atoms with Gasteiger partial charge in [-0.2, -0.15) is 0 Å². The summed E-state index contributed by atoms with van der Waals surface area (Å²) in [5, 5.41) is 0. The second-order valence-electron chi connectivity index (χ2n) is 8.65. The van der Waals surface area contributed by atoms with E-state index in [1.165, 1.54) is 50.1 Å². The molecule has 0 spiro atoms. The second-order valence-corrected chi connectivity index (χ2v) is 8.65. The quantitative estimate of drug-likeness (QED) is 0.267. The van der Waals surface area contributed by atoms with Crippen LogP contribution in [-0.2, 0) is 5.41 Å². The van der Waals surface area contributed by atoms with E-state index in [4.69, 9.17) is 0 Å². The highest BCUT2D eigenvalue weighted by atomic mass is 14.5. The Labute approximate surface area is 197 Å². The standard InChI is InChI=1S/C32H24.CH4/c1-23-16-18-24(19-17-23)25-20-21-29-28-14-8-9-15-30(28)32(31(29)22-25,26-10-4-2-5-11-26)27-12-6-3-7-13-27;/h2-22H,1H3;1H4. The van der Waals surface area contributed by atoms with Gasteiger partial charge in [0.05, 0.1) is 5.41 Å². The van der Waals surface area contributed by atoms with E-state index in [1.54, 1.807) is 0 Å². The molecule has 0 saturated carbocycles. The summed E-state index contributed by atoms with van der Waals surface area (Å²) in [6.45, 7) is 2.14. The summed E-state index contributed by atoms with van der Waals surface area (Å²) in [4.78, 5) is 0. The fourth-order valence-electron chi connectivity index (χ4n) is 5.37. The lowest BCUT2D eigenvalue weighted by atomic mass is 9.67. The highest BCUT2D eigenvalue weighted by Crippen LogP contribution is 2.56. The van der Waals surface area contributed by atoms with Gasteiger partial charge in [-0.15, -0.1) is 0 Å². The van der Waals surface area contributed by atoms with Crippen LogP contribution in [0.15, 0.2) is 127 Å². The van der Waals surface area contributed by atoms with Crippen molar-refractivity contribution in [3.8, 4) is 22.3 Å². The average molecular weight is 425 g/mol. The van der Waals surface area contributed by atoms with E-state index in [1.807, 2.05) is 0 Å². The molecule has 6 rings (SSSR count). The summed E-state index contributed by atoms with van der Waals surface area (Å²) in [5.41, 5.74) is 11.4. The molecule has 160 valence electrons. The Hall–Kier alpha value is -3.90. The lowest BCUT2D eigenvalue weighted by Gasteiger charge is -2.34. The number of rotatable bonds is 3. The van der Waals surface area contributed by atoms with Gasteiger partial charge < -0.3 is 0 Å². The molecule has 5 aromatic rings. The maximum absolute atomic E-state index is 2.42. The smallest absolute Gasteiger partial charge is 0.0713 e. The summed E-state index contributed by atoms with van der Waals surface area (Å²) in [7, 11) is 0. The van der Waals surface area contributed by atoms with Crippen LogP contribution in [0.1, 0.15) is 35.2 Å². The Morgan fingerprint density at radius 2 is 0.970 bits per heavy atom. The van der Waals surface area contributed by atoms with Crippen molar-refractivity contribution >= 4 is 0 Å². The average Bonchev–Trinajstić information content (AvgIpc) is 3.16. The van der Waals surface area contributed by atoms with Crippen LogP contribution in [0.3, 0.4) is 0 Å². The van der Waals surface area contributed by atoms with Crippen molar-refractivity contribution in [3.05, 3.63) is 155 Å². The van der Waals surface area contributed by atoms with Gasteiger partial charge in [-0.05, 0) is 57.5 Å². The predicted octanol–water partition coefficient (Wildman–Crippen LogP) is 8.66. The summed E-state index contributed by atoms with van der Waals surface area (Å²) in [5.74, 6) is 0. The van der Waals surface area contributed by atoms with Crippen LogP contribution in [0.5, 0.6) is 0 Å². The van der Waals surface area contributed by atoms with Crippen LogP contribution < -0.4 is 0 Å². The maximum Gasteiger partial charge on any atom is 0.0713 e. The van der Waals surface area contributed by atoms with Gasteiger partial charge in [-0.1, -0.05) is 134 Å². The largest absolute Gasteiger partial charge is 0.0776 e. The number of fused-ring (bicyclic) bond motifs is 3. The van der Waals surface area contributed by atoms with Crippen molar-refractivity contribution in [1.82, 2.24) is 0 Å². The molecule has 5 aromatic carbocycles. The fourth-order valence-corrected chi connectivity index (χ4v) is 5.37. The molecule has 0 atom stereocenters. The van der Waals surface area contributed by atoms with Crippen molar-refractivity contribution in [3.63, 3.8) is 0 Å². The monoisotopic (exact) mass is 424 g/mol. The zero-order chi connectivity index (χ0) is 21.5. The maximum atomic E-state index is 2.42. The van der Waals surface area contributed by atoms with Gasteiger partial charge in [-0.25, -0.2) is 0 Å². The highest BCUT2D eigenvalue weighted by molar-refractivity contribution is 5.88. The molecule has 0 aromatic heterocycles. The molecule has 0 unspecified atom stereocenters. The first-order valence-electron chi connectivity index (χ1n) is 11.2. The Balaban J connectivity index is 0.00000228. The van der Waals surface area contributed by atoms with Crippen LogP contribution in [0.4, 0.5) is 0 Å². The second kappa shape index (κ2) is 8.22. The van der Waals surface area contributed by atoms with E-state index in [0.29, 0.717) is 0 Å². The Morgan fingerprint density at radius 3 is 1.61 bits per heavy atom. The van der Waals surface area contributed by atoms with Gasteiger partial charge in [0.2, 0.25) is 0 Å². The van der Waals surface area contributed by atoms with Gasteiger partial charge in [0.15, 0.2) is 0 Å². The minimum Gasteiger partial charge on any atom is -0.0776 e. The van der Waals surface area contributed by atoms with Gasteiger partial charge in [0.1, 0.15) is 0 Å². The van der Waals surface area contributed by atoms with Gasteiger partial charge in [0, 0.05) is 0 Å². The first-order chi connectivity index (χ1) is 15.8. The molecule has 1 aliphatic carbocycles. The van der Waals surface area contributed by atoms with E-state index < -0.39 is 0 Å². The Bertz CT molecular complexity index is 1350. The zero-order valence-electron chi connectivity index (χ0n) is 18.1. The van der Waals surface area contributed by atoms with E-state index in [2.05, 4.69) is 134 Å². The molecule has 0 amide bonds. The first-order valence-corrected chi connectivity index (χ1v) is 11.2.